The molecule has 1 N–H and O–H groups in total. The van der Waals surface area contributed by atoms with Gasteiger partial charge in [0.2, 0.25) is 12.2 Å². The van der Waals surface area contributed by atoms with Gasteiger partial charge >= 0.3 is 0 Å². The Labute approximate surface area is 116 Å². The van der Waals surface area contributed by atoms with Crippen molar-refractivity contribution in [2.75, 3.05) is 12.3 Å². The van der Waals surface area contributed by atoms with Crippen LogP contribution in [0.3, 0.4) is 0 Å². The molecule has 0 aromatic heterocycles. The van der Waals surface area contributed by atoms with Crippen molar-refractivity contribution in [3.8, 4) is 0 Å². The molecule has 0 aliphatic rings. The number of amides is 1. The number of rotatable bonds is 8. The molecule has 0 fully saturated rings. The average Bonchev–Trinajstić information content (AvgIpc) is 2.45. The molecule has 1 amide bonds. The van der Waals surface area contributed by atoms with E-state index in [1.807, 2.05) is 0 Å². The van der Waals surface area contributed by atoms with Gasteiger partial charge in [0.15, 0.2) is 23.3 Å². The summed E-state index contributed by atoms with van der Waals surface area (Å²) < 4.78 is 65.2. The van der Waals surface area contributed by atoms with Crippen molar-refractivity contribution in [1.82, 2.24) is 5.32 Å². The summed E-state index contributed by atoms with van der Waals surface area (Å²) in [6.07, 6.45) is 2.44. The zero-order valence-electron chi connectivity index (χ0n) is 10.3. The van der Waals surface area contributed by atoms with Crippen LogP contribution in [-0.2, 0) is 4.79 Å². The van der Waals surface area contributed by atoms with E-state index in [1.165, 1.54) is 0 Å². The van der Waals surface area contributed by atoms with E-state index < -0.39 is 34.0 Å². The Morgan fingerprint density at radius 3 is 1.95 bits per heavy atom. The normalized spacial score (nSPS) is 10.7. The molecule has 8 heteroatoms. The molecular formula is C12H12F5NOS. The first-order valence-corrected chi connectivity index (χ1v) is 6.80. The van der Waals surface area contributed by atoms with Crippen LogP contribution in [-0.4, -0.2) is 18.7 Å². The van der Waals surface area contributed by atoms with Crippen LogP contribution in [0.1, 0.15) is 19.3 Å². The van der Waals surface area contributed by atoms with Gasteiger partial charge in [-0.15, -0.1) is 11.8 Å². The zero-order chi connectivity index (χ0) is 15.1. The van der Waals surface area contributed by atoms with Crippen molar-refractivity contribution in [2.45, 2.75) is 24.2 Å². The predicted molar refractivity (Wildman–Crippen MR) is 64.9 cm³/mol. The minimum Gasteiger partial charge on any atom is -0.359 e. The van der Waals surface area contributed by atoms with Gasteiger partial charge in [-0.25, -0.2) is 22.0 Å². The van der Waals surface area contributed by atoms with Crippen LogP contribution in [0.4, 0.5) is 22.0 Å². The first-order valence-electron chi connectivity index (χ1n) is 5.82. The van der Waals surface area contributed by atoms with E-state index in [0.29, 0.717) is 44.0 Å². The summed E-state index contributed by atoms with van der Waals surface area (Å²) in [7, 11) is 0. The molecule has 1 rings (SSSR count). The Balaban J connectivity index is 2.54. The van der Waals surface area contributed by atoms with Gasteiger partial charge in [-0.3, -0.25) is 4.79 Å². The minimum absolute atomic E-state index is 0.222. The second-order valence-electron chi connectivity index (χ2n) is 3.88. The predicted octanol–water partition coefficient (Wildman–Crippen LogP) is 3.39. The number of hydrogen-bond acceptors (Lipinski definition) is 2. The summed E-state index contributed by atoms with van der Waals surface area (Å²) in [5.74, 6) is -9.38. The first kappa shape index (κ1) is 16.7. The third-order valence-electron chi connectivity index (χ3n) is 2.46. The largest absolute Gasteiger partial charge is 0.359 e. The summed E-state index contributed by atoms with van der Waals surface area (Å²) in [5, 5.41) is 2.45. The van der Waals surface area contributed by atoms with Crippen molar-refractivity contribution in [3.05, 3.63) is 29.1 Å². The highest BCUT2D eigenvalue weighted by Gasteiger charge is 2.25. The highest BCUT2D eigenvalue weighted by Crippen LogP contribution is 2.31. The van der Waals surface area contributed by atoms with Crippen LogP contribution in [0.5, 0.6) is 0 Å². The van der Waals surface area contributed by atoms with Crippen molar-refractivity contribution < 1.29 is 26.7 Å². The van der Waals surface area contributed by atoms with E-state index >= 15 is 0 Å². The summed E-state index contributed by atoms with van der Waals surface area (Å²) in [5.41, 5.74) is 0. The lowest BCUT2D eigenvalue weighted by Gasteiger charge is -2.07. The summed E-state index contributed by atoms with van der Waals surface area (Å²) in [6, 6.07) is 0. The molecule has 0 saturated carbocycles. The molecule has 1 aromatic carbocycles. The maximum Gasteiger partial charge on any atom is 0.207 e. The maximum absolute atomic E-state index is 13.3. The Hall–Kier alpha value is -1.31. The molecule has 0 spiro atoms. The van der Waals surface area contributed by atoms with E-state index in [-0.39, 0.29) is 5.75 Å². The fourth-order valence-electron chi connectivity index (χ4n) is 1.45. The van der Waals surface area contributed by atoms with Gasteiger partial charge in [0, 0.05) is 6.54 Å². The molecule has 20 heavy (non-hydrogen) atoms. The van der Waals surface area contributed by atoms with Crippen LogP contribution >= 0.6 is 11.8 Å². The first-order chi connectivity index (χ1) is 9.50. The Kier molecular flexibility index (Phi) is 6.77. The van der Waals surface area contributed by atoms with E-state index in [2.05, 4.69) is 5.32 Å². The zero-order valence-corrected chi connectivity index (χ0v) is 11.1. The van der Waals surface area contributed by atoms with Crippen LogP contribution in [0.25, 0.3) is 0 Å². The van der Waals surface area contributed by atoms with Gasteiger partial charge in [-0.05, 0) is 18.6 Å². The van der Waals surface area contributed by atoms with Crippen LogP contribution < -0.4 is 5.32 Å². The minimum atomic E-state index is -2.15. The Morgan fingerprint density at radius 1 is 0.850 bits per heavy atom. The molecule has 1 aromatic rings. The Morgan fingerprint density at radius 2 is 1.40 bits per heavy atom. The molecule has 0 heterocycles. The second kappa shape index (κ2) is 8.08. The number of benzene rings is 1. The van der Waals surface area contributed by atoms with Gasteiger partial charge in [0.1, 0.15) is 0 Å². The van der Waals surface area contributed by atoms with Crippen LogP contribution in [0.15, 0.2) is 4.90 Å². The molecular weight excluding hydrogens is 301 g/mol. The molecule has 112 valence electrons. The number of unbranched alkanes of at least 4 members (excludes halogenated alkanes) is 2. The van der Waals surface area contributed by atoms with Gasteiger partial charge < -0.3 is 5.32 Å². The highest BCUT2D eigenvalue weighted by molar-refractivity contribution is 7.99. The quantitative estimate of drug-likeness (QED) is 0.199. The maximum atomic E-state index is 13.3. The van der Waals surface area contributed by atoms with Crippen molar-refractivity contribution in [2.24, 2.45) is 0 Å². The number of halogens is 5. The topological polar surface area (TPSA) is 29.1 Å². The molecule has 0 aliphatic carbocycles. The van der Waals surface area contributed by atoms with Gasteiger partial charge in [-0.1, -0.05) is 6.42 Å². The molecule has 0 atom stereocenters. The number of nitrogens with one attached hydrogen (secondary N) is 1. The van der Waals surface area contributed by atoms with Crippen molar-refractivity contribution in [1.29, 1.82) is 0 Å². The third kappa shape index (κ3) is 4.09. The number of carbonyl (C=O) groups is 1. The fraction of sp³-hybridized carbons (Fsp3) is 0.417. The average molecular weight is 313 g/mol. The molecule has 0 radical (unpaired) electrons. The lowest BCUT2D eigenvalue weighted by molar-refractivity contribution is -0.109. The van der Waals surface area contributed by atoms with Crippen molar-refractivity contribution in [3.63, 3.8) is 0 Å². The SMILES string of the molecule is O=CNCCCCCSc1c(F)c(F)c(F)c(F)c1F. The molecule has 2 nitrogen and oxygen atoms in total. The van der Waals surface area contributed by atoms with E-state index in [1.54, 1.807) is 0 Å². The molecule has 0 bridgehead atoms. The Bertz CT molecular complexity index is 454. The van der Waals surface area contributed by atoms with Gasteiger partial charge in [0.05, 0.1) is 4.90 Å². The van der Waals surface area contributed by atoms with Gasteiger partial charge in [0.25, 0.3) is 0 Å². The standard InChI is InChI=1S/C12H12F5NOS/c13-7-8(14)10(16)12(11(17)9(7)15)20-5-3-1-2-4-18-6-19/h6H,1-5H2,(H,18,19). The number of carbonyl (C=O) groups excluding carboxylic acids is 1. The van der Waals surface area contributed by atoms with Crippen molar-refractivity contribution >= 4 is 18.2 Å². The van der Waals surface area contributed by atoms with Gasteiger partial charge in [-0.2, -0.15) is 0 Å². The molecule has 0 saturated heterocycles. The molecule has 0 aliphatic heterocycles. The monoisotopic (exact) mass is 313 g/mol. The second-order valence-corrected chi connectivity index (χ2v) is 4.99. The van der Waals surface area contributed by atoms with Crippen LogP contribution in [0, 0.1) is 29.1 Å². The van der Waals surface area contributed by atoms with E-state index in [0.717, 1.165) is 0 Å². The van der Waals surface area contributed by atoms with E-state index in [4.69, 9.17) is 0 Å². The lowest BCUT2D eigenvalue weighted by atomic mass is 10.2. The lowest BCUT2D eigenvalue weighted by Crippen LogP contribution is -2.11. The summed E-state index contributed by atoms with van der Waals surface area (Å²) in [6.45, 7) is 0.483. The summed E-state index contributed by atoms with van der Waals surface area (Å²) >= 11 is 0.588. The smallest absolute Gasteiger partial charge is 0.207 e. The highest BCUT2D eigenvalue weighted by atomic mass is 32.2. The van der Waals surface area contributed by atoms with Crippen LogP contribution in [0.2, 0.25) is 0 Å². The number of hydrogen-bond donors (Lipinski definition) is 1. The van der Waals surface area contributed by atoms with E-state index in [9.17, 15) is 26.7 Å². The number of thioether (sulfide) groups is 1. The summed E-state index contributed by atoms with van der Waals surface area (Å²) in [4.78, 5) is 9.09. The fourth-order valence-corrected chi connectivity index (χ4v) is 2.44. The third-order valence-corrected chi connectivity index (χ3v) is 3.60. The molecule has 0 unspecified atom stereocenters.